The zero-order valence-electron chi connectivity index (χ0n) is 16.0. The Balaban J connectivity index is 1.55. The molecular formula is C19H26N4O2S2. The molecule has 0 bridgehead atoms. The van der Waals surface area contributed by atoms with Gasteiger partial charge in [-0.1, -0.05) is 49.1 Å². The third-order valence-corrected chi connectivity index (χ3v) is 6.33. The Bertz CT molecular complexity index is 758. The minimum atomic E-state index is 0.185. The summed E-state index contributed by atoms with van der Waals surface area (Å²) in [4.78, 5) is 14.5. The van der Waals surface area contributed by atoms with E-state index >= 15 is 0 Å². The normalized spacial score (nSPS) is 19.7. The fourth-order valence-corrected chi connectivity index (χ4v) is 5.03. The maximum atomic E-state index is 12.5. The van der Waals surface area contributed by atoms with E-state index in [1.807, 2.05) is 36.1 Å². The Kier molecular flexibility index (Phi) is 6.95. The van der Waals surface area contributed by atoms with Gasteiger partial charge < -0.3 is 15.0 Å². The van der Waals surface area contributed by atoms with E-state index in [0.29, 0.717) is 29.3 Å². The largest absolute Gasteiger partial charge is 0.492 e. The van der Waals surface area contributed by atoms with Crippen molar-refractivity contribution in [2.75, 3.05) is 30.8 Å². The van der Waals surface area contributed by atoms with Crippen LogP contribution in [-0.4, -0.2) is 46.5 Å². The van der Waals surface area contributed by atoms with Gasteiger partial charge in [-0.25, -0.2) is 0 Å². The van der Waals surface area contributed by atoms with Crippen molar-refractivity contribution >= 4 is 39.8 Å². The van der Waals surface area contributed by atoms with Crippen LogP contribution in [0.2, 0.25) is 0 Å². The third-order valence-electron chi connectivity index (χ3n) is 4.38. The number of amides is 1. The molecule has 2 atom stereocenters. The number of thioether (sulfide) groups is 1. The first kappa shape index (κ1) is 19.9. The van der Waals surface area contributed by atoms with E-state index in [2.05, 4.69) is 29.4 Å². The van der Waals surface area contributed by atoms with E-state index in [4.69, 9.17) is 4.74 Å². The average Bonchev–Trinajstić information content (AvgIpc) is 3.08. The first-order valence-electron chi connectivity index (χ1n) is 9.28. The molecule has 2 aromatic rings. The first-order chi connectivity index (χ1) is 13.0. The highest BCUT2D eigenvalue weighted by atomic mass is 32.2. The molecular weight excluding hydrogens is 380 g/mol. The van der Waals surface area contributed by atoms with Crippen LogP contribution in [0, 0.1) is 11.8 Å². The van der Waals surface area contributed by atoms with Crippen molar-refractivity contribution in [3.8, 4) is 5.75 Å². The first-order valence-corrected chi connectivity index (χ1v) is 11.1. The smallest absolute Gasteiger partial charge is 0.233 e. The van der Waals surface area contributed by atoms with E-state index < -0.39 is 0 Å². The molecule has 0 saturated carbocycles. The molecule has 8 heteroatoms. The maximum Gasteiger partial charge on any atom is 0.233 e. The number of nitrogens with one attached hydrogen (secondary N) is 1. The quantitative estimate of drug-likeness (QED) is 0.693. The molecule has 1 aromatic carbocycles. The van der Waals surface area contributed by atoms with Gasteiger partial charge in [-0.05, 0) is 37.3 Å². The number of hydrogen-bond donors (Lipinski definition) is 1. The standard InChI is InChI=1S/C19H26N4O2S2/c1-4-25-16-8-6-5-7-15(16)20-18-21-22-19(27-18)26-12-17(24)23-10-13(2)9-14(3)11-23/h5-8,13-14H,4,9-12H2,1-3H3,(H,20,21)/t13-,14-/m0/s1. The summed E-state index contributed by atoms with van der Waals surface area (Å²) >= 11 is 2.90. The van der Waals surface area contributed by atoms with Crippen molar-refractivity contribution in [1.82, 2.24) is 15.1 Å². The number of benzene rings is 1. The van der Waals surface area contributed by atoms with E-state index in [-0.39, 0.29) is 5.91 Å². The molecule has 1 aliphatic rings. The van der Waals surface area contributed by atoms with E-state index in [1.165, 1.54) is 29.5 Å². The summed E-state index contributed by atoms with van der Waals surface area (Å²) in [5, 5.41) is 12.3. The Labute approximate surface area is 168 Å². The van der Waals surface area contributed by atoms with Crippen LogP contribution in [0.4, 0.5) is 10.8 Å². The lowest BCUT2D eigenvalue weighted by Crippen LogP contribution is -2.43. The highest BCUT2D eigenvalue weighted by Gasteiger charge is 2.25. The summed E-state index contributed by atoms with van der Waals surface area (Å²) in [6.07, 6.45) is 1.20. The number of hydrogen-bond acceptors (Lipinski definition) is 7. The van der Waals surface area contributed by atoms with Crippen LogP contribution in [-0.2, 0) is 4.79 Å². The van der Waals surface area contributed by atoms with Gasteiger partial charge in [0.2, 0.25) is 11.0 Å². The van der Waals surface area contributed by atoms with Crippen LogP contribution in [0.1, 0.15) is 27.2 Å². The topological polar surface area (TPSA) is 67.3 Å². The lowest BCUT2D eigenvalue weighted by Gasteiger charge is -2.34. The van der Waals surface area contributed by atoms with Gasteiger partial charge in [0.1, 0.15) is 5.75 Å². The molecule has 0 spiro atoms. The molecule has 1 aliphatic heterocycles. The second-order valence-electron chi connectivity index (χ2n) is 6.96. The number of likely N-dealkylation sites (tertiary alicyclic amines) is 1. The van der Waals surface area contributed by atoms with Gasteiger partial charge in [0, 0.05) is 13.1 Å². The second kappa shape index (κ2) is 9.41. The minimum Gasteiger partial charge on any atom is -0.492 e. The van der Waals surface area contributed by atoms with Gasteiger partial charge >= 0.3 is 0 Å². The van der Waals surface area contributed by atoms with Gasteiger partial charge in [-0.2, -0.15) is 0 Å². The summed E-state index contributed by atoms with van der Waals surface area (Å²) in [7, 11) is 0. The van der Waals surface area contributed by atoms with E-state index in [9.17, 15) is 4.79 Å². The van der Waals surface area contributed by atoms with Crippen molar-refractivity contribution in [2.45, 2.75) is 31.5 Å². The molecule has 2 heterocycles. The van der Waals surface area contributed by atoms with Gasteiger partial charge in [0.15, 0.2) is 4.34 Å². The number of nitrogens with zero attached hydrogens (tertiary/aromatic N) is 3. The summed E-state index contributed by atoms with van der Waals surface area (Å²) in [6.45, 7) is 8.71. The number of anilines is 2. The van der Waals surface area contributed by atoms with Crippen LogP contribution < -0.4 is 10.1 Å². The van der Waals surface area contributed by atoms with E-state index in [0.717, 1.165) is 28.9 Å². The lowest BCUT2D eigenvalue weighted by atomic mass is 9.92. The van der Waals surface area contributed by atoms with E-state index in [1.54, 1.807) is 0 Å². The summed E-state index contributed by atoms with van der Waals surface area (Å²) < 4.78 is 6.41. The van der Waals surface area contributed by atoms with Crippen LogP contribution in [0.25, 0.3) is 0 Å². The molecule has 27 heavy (non-hydrogen) atoms. The number of ether oxygens (including phenoxy) is 1. The summed E-state index contributed by atoms with van der Waals surface area (Å²) in [5.41, 5.74) is 0.861. The van der Waals surface area contributed by atoms with Crippen LogP contribution in [0.5, 0.6) is 5.75 Å². The van der Waals surface area contributed by atoms with Gasteiger partial charge in [0.05, 0.1) is 18.0 Å². The predicted octanol–water partition coefficient (Wildman–Crippen LogP) is 4.28. The SMILES string of the molecule is CCOc1ccccc1Nc1nnc(SCC(=O)N2C[C@@H](C)C[C@H](C)C2)s1. The average molecular weight is 407 g/mol. The zero-order valence-corrected chi connectivity index (χ0v) is 17.6. The van der Waals surface area contributed by atoms with Crippen molar-refractivity contribution in [3.05, 3.63) is 24.3 Å². The summed E-state index contributed by atoms with van der Waals surface area (Å²) in [6, 6.07) is 7.75. The minimum absolute atomic E-state index is 0.185. The molecule has 0 radical (unpaired) electrons. The molecule has 1 saturated heterocycles. The molecule has 1 aromatic heterocycles. The lowest BCUT2D eigenvalue weighted by molar-refractivity contribution is -0.130. The fraction of sp³-hybridized carbons (Fsp3) is 0.526. The highest BCUT2D eigenvalue weighted by Crippen LogP contribution is 2.32. The van der Waals surface area contributed by atoms with Crippen LogP contribution >= 0.6 is 23.1 Å². The van der Waals surface area contributed by atoms with Gasteiger partial charge in [0.25, 0.3) is 0 Å². The fourth-order valence-electron chi connectivity index (χ4n) is 3.37. The Morgan fingerprint density at radius 3 is 2.78 bits per heavy atom. The molecule has 1 amide bonds. The van der Waals surface area contributed by atoms with Crippen molar-refractivity contribution in [3.63, 3.8) is 0 Å². The predicted molar refractivity (Wildman–Crippen MR) is 111 cm³/mol. The monoisotopic (exact) mass is 406 g/mol. The molecule has 0 aliphatic carbocycles. The molecule has 0 unspecified atom stereocenters. The molecule has 146 valence electrons. The third kappa shape index (κ3) is 5.59. The Hall–Kier alpha value is -1.80. The highest BCUT2D eigenvalue weighted by molar-refractivity contribution is 8.01. The number of para-hydroxylation sites is 2. The number of carbonyl (C=O) groups is 1. The number of piperidine rings is 1. The zero-order chi connectivity index (χ0) is 19.2. The number of aromatic nitrogens is 2. The molecule has 1 N–H and O–H groups in total. The van der Waals surface area contributed by atoms with Gasteiger partial charge in [-0.3, -0.25) is 4.79 Å². The van der Waals surface area contributed by atoms with Crippen molar-refractivity contribution in [2.24, 2.45) is 11.8 Å². The van der Waals surface area contributed by atoms with Crippen molar-refractivity contribution < 1.29 is 9.53 Å². The maximum absolute atomic E-state index is 12.5. The van der Waals surface area contributed by atoms with Crippen molar-refractivity contribution in [1.29, 1.82) is 0 Å². The number of rotatable bonds is 7. The Morgan fingerprint density at radius 2 is 2.04 bits per heavy atom. The van der Waals surface area contributed by atoms with Gasteiger partial charge in [-0.15, -0.1) is 10.2 Å². The Morgan fingerprint density at radius 1 is 1.30 bits per heavy atom. The molecule has 3 rings (SSSR count). The second-order valence-corrected chi connectivity index (χ2v) is 9.16. The molecule has 6 nitrogen and oxygen atoms in total. The molecule has 1 fully saturated rings. The van der Waals surface area contributed by atoms with Crippen LogP contribution in [0.3, 0.4) is 0 Å². The van der Waals surface area contributed by atoms with Crippen LogP contribution in [0.15, 0.2) is 28.6 Å². The number of carbonyl (C=O) groups excluding carboxylic acids is 1. The summed E-state index contributed by atoms with van der Waals surface area (Å²) in [5.74, 6) is 2.53.